The van der Waals surface area contributed by atoms with Crippen LogP contribution in [0.4, 0.5) is 0 Å². The number of para-hydroxylation sites is 1. The molecule has 28 heavy (non-hydrogen) atoms. The number of likely N-dealkylation sites (tertiary alicyclic amines) is 1. The molecule has 4 atom stereocenters. The van der Waals surface area contributed by atoms with E-state index >= 15 is 0 Å². The Bertz CT molecular complexity index is 725. The average molecular weight is 387 g/mol. The molecule has 2 saturated heterocycles. The largest absolute Gasteiger partial charge is 0.493 e. The monoisotopic (exact) mass is 387 g/mol. The van der Waals surface area contributed by atoms with Gasteiger partial charge in [-0.1, -0.05) is 12.1 Å². The van der Waals surface area contributed by atoms with E-state index in [0.717, 1.165) is 25.7 Å². The molecule has 4 bridgehead atoms. The number of fused-ring (bicyclic) bond motifs is 5. The molecule has 7 nitrogen and oxygen atoms in total. The minimum Gasteiger partial charge on any atom is -0.493 e. The number of nitrogens with one attached hydrogen (secondary N) is 2. The summed E-state index contributed by atoms with van der Waals surface area (Å²) in [5.74, 6) is 0.456. The molecule has 0 spiro atoms. The molecule has 3 heterocycles. The Labute approximate surface area is 165 Å². The van der Waals surface area contributed by atoms with E-state index in [-0.39, 0.29) is 36.1 Å². The van der Waals surface area contributed by atoms with Crippen molar-refractivity contribution in [3.8, 4) is 5.75 Å². The van der Waals surface area contributed by atoms with Crippen LogP contribution >= 0.6 is 0 Å². The number of hydrogen-bond acceptors (Lipinski definition) is 5. The van der Waals surface area contributed by atoms with Gasteiger partial charge in [-0.15, -0.1) is 0 Å². The Kier molecular flexibility index (Phi) is 5.82. The third-order valence-corrected chi connectivity index (χ3v) is 5.96. The van der Waals surface area contributed by atoms with Crippen LogP contribution in [0.15, 0.2) is 24.3 Å². The van der Waals surface area contributed by atoms with Crippen molar-refractivity contribution in [2.24, 2.45) is 0 Å². The van der Waals surface area contributed by atoms with E-state index in [9.17, 15) is 9.59 Å². The van der Waals surface area contributed by atoms with Crippen LogP contribution in [-0.4, -0.2) is 67.7 Å². The van der Waals surface area contributed by atoms with Crippen molar-refractivity contribution in [3.63, 3.8) is 0 Å². The van der Waals surface area contributed by atoms with Gasteiger partial charge in [-0.2, -0.15) is 0 Å². The van der Waals surface area contributed by atoms with Gasteiger partial charge in [0.25, 0.3) is 5.91 Å². The van der Waals surface area contributed by atoms with Gasteiger partial charge in [-0.05, 0) is 44.9 Å². The second kappa shape index (κ2) is 8.49. The molecule has 2 N–H and O–H groups in total. The van der Waals surface area contributed by atoms with E-state index in [4.69, 9.17) is 9.47 Å². The van der Waals surface area contributed by atoms with Crippen molar-refractivity contribution in [3.05, 3.63) is 29.8 Å². The molecule has 0 unspecified atom stereocenters. The van der Waals surface area contributed by atoms with E-state index in [1.165, 1.54) is 0 Å². The number of hydrogen-bond donors (Lipinski definition) is 2. The second-order valence-corrected chi connectivity index (χ2v) is 8.05. The van der Waals surface area contributed by atoms with Crippen LogP contribution in [0.25, 0.3) is 0 Å². The quantitative estimate of drug-likeness (QED) is 0.702. The first kappa shape index (κ1) is 19.2. The van der Waals surface area contributed by atoms with E-state index in [1.807, 2.05) is 30.1 Å². The summed E-state index contributed by atoms with van der Waals surface area (Å²) in [5, 5.41) is 6.13. The van der Waals surface area contributed by atoms with Crippen LogP contribution in [0, 0.1) is 0 Å². The highest BCUT2D eigenvalue weighted by atomic mass is 16.5. The van der Waals surface area contributed by atoms with Gasteiger partial charge >= 0.3 is 0 Å². The molecule has 3 aliphatic rings. The van der Waals surface area contributed by atoms with Crippen molar-refractivity contribution < 1.29 is 19.1 Å². The van der Waals surface area contributed by atoms with Crippen LogP contribution in [-0.2, 0) is 9.53 Å². The number of rotatable bonds is 0. The van der Waals surface area contributed by atoms with Gasteiger partial charge in [0.05, 0.1) is 30.4 Å². The van der Waals surface area contributed by atoms with Gasteiger partial charge < -0.3 is 20.1 Å². The summed E-state index contributed by atoms with van der Waals surface area (Å²) in [6.07, 6.45) is 4.63. The molecule has 0 aromatic heterocycles. The van der Waals surface area contributed by atoms with Crippen LogP contribution in [0.5, 0.6) is 5.75 Å². The lowest BCUT2D eigenvalue weighted by atomic mass is 10.0. The van der Waals surface area contributed by atoms with Crippen molar-refractivity contribution in [1.29, 1.82) is 0 Å². The second-order valence-electron chi connectivity index (χ2n) is 8.05. The maximum atomic E-state index is 12.8. The van der Waals surface area contributed by atoms with Gasteiger partial charge in [0.15, 0.2) is 0 Å². The topological polar surface area (TPSA) is 79.9 Å². The van der Waals surface area contributed by atoms with Crippen molar-refractivity contribution in [2.45, 2.75) is 56.4 Å². The minimum atomic E-state index is -0.232. The van der Waals surface area contributed by atoms with Crippen LogP contribution in [0.2, 0.25) is 0 Å². The normalized spacial score (nSPS) is 32.0. The Morgan fingerprint density at radius 3 is 2.82 bits per heavy atom. The molecule has 0 saturated carbocycles. The first-order valence-corrected chi connectivity index (χ1v) is 10.3. The summed E-state index contributed by atoms with van der Waals surface area (Å²) in [5.41, 5.74) is 0.535. The van der Waals surface area contributed by atoms with E-state index in [0.29, 0.717) is 37.4 Å². The Morgan fingerprint density at radius 2 is 1.93 bits per heavy atom. The smallest absolute Gasteiger partial charge is 0.255 e. The van der Waals surface area contributed by atoms with Crippen LogP contribution in [0.1, 0.15) is 42.5 Å². The van der Waals surface area contributed by atoms with Gasteiger partial charge in [0, 0.05) is 25.6 Å². The third-order valence-electron chi connectivity index (χ3n) is 5.96. The predicted octanol–water partition coefficient (Wildman–Crippen LogP) is 1.33. The lowest BCUT2D eigenvalue weighted by Crippen LogP contribution is -2.45. The molecule has 4 rings (SSSR count). The van der Waals surface area contributed by atoms with E-state index in [2.05, 4.69) is 10.6 Å². The SMILES string of the molecule is CN1C[C@@H]2C[C@H]1C(=O)NC[C@@H]1CCC[C@@H](CCOc3ccccc3C(=O)N2)O1. The summed E-state index contributed by atoms with van der Waals surface area (Å²) in [6.45, 7) is 1.69. The number of likely N-dealkylation sites (N-methyl/N-ethyl adjacent to an activating group) is 1. The van der Waals surface area contributed by atoms with Crippen molar-refractivity contribution >= 4 is 11.8 Å². The summed E-state index contributed by atoms with van der Waals surface area (Å²) in [7, 11) is 1.93. The minimum absolute atomic E-state index is 0.0146. The zero-order valence-corrected chi connectivity index (χ0v) is 16.4. The molecular formula is C21H29N3O4. The maximum Gasteiger partial charge on any atom is 0.255 e. The lowest BCUT2D eigenvalue weighted by Gasteiger charge is -2.31. The van der Waals surface area contributed by atoms with Gasteiger partial charge in [-0.25, -0.2) is 0 Å². The highest BCUT2D eigenvalue weighted by Crippen LogP contribution is 2.24. The Balaban J connectivity index is 1.54. The zero-order valence-electron chi connectivity index (χ0n) is 16.4. The third kappa shape index (κ3) is 4.31. The Hall–Kier alpha value is -2.12. The fraction of sp³-hybridized carbons (Fsp3) is 0.619. The molecule has 3 aliphatic heterocycles. The fourth-order valence-corrected chi connectivity index (χ4v) is 4.43. The highest BCUT2D eigenvalue weighted by Gasteiger charge is 2.36. The zero-order chi connectivity index (χ0) is 19.5. The fourth-order valence-electron chi connectivity index (χ4n) is 4.43. The molecule has 0 radical (unpaired) electrons. The number of amides is 2. The molecule has 1 aromatic rings. The average Bonchev–Trinajstić information content (AvgIpc) is 3.06. The lowest BCUT2D eigenvalue weighted by molar-refractivity contribution is -0.126. The number of carbonyl (C=O) groups excluding carboxylic acids is 2. The maximum absolute atomic E-state index is 12.8. The number of nitrogens with zero attached hydrogens (tertiary/aromatic N) is 1. The van der Waals surface area contributed by atoms with Gasteiger partial charge in [0.1, 0.15) is 5.75 Å². The van der Waals surface area contributed by atoms with Gasteiger partial charge in [-0.3, -0.25) is 14.5 Å². The molecule has 152 valence electrons. The molecule has 2 amide bonds. The Morgan fingerprint density at radius 1 is 1.11 bits per heavy atom. The molecular weight excluding hydrogens is 358 g/mol. The first-order valence-electron chi connectivity index (χ1n) is 10.3. The number of ether oxygens (including phenoxy) is 2. The first-order chi connectivity index (χ1) is 13.6. The van der Waals surface area contributed by atoms with E-state index < -0.39 is 0 Å². The van der Waals surface area contributed by atoms with Crippen LogP contribution in [0.3, 0.4) is 0 Å². The standard InChI is InChI=1S/C21H29N3O4/c1-24-13-14-11-18(24)21(26)22-12-16-6-4-5-15(28-16)9-10-27-19-8-3-2-7-17(19)20(25)23-14/h2-3,7-8,14-16,18H,4-6,9-13H2,1H3,(H,22,26)(H,23,25)/t14-,15-,16-,18-/m0/s1. The molecule has 0 aliphatic carbocycles. The number of benzene rings is 1. The summed E-state index contributed by atoms with van der Waals surface area (Å²) in [4.78, 5) is 27.5. The summed E-state index contributed by atoms with van der Waals surface area (Å²) < 4.78 is 12.1. The van der Waals surface area contributed by atoms with Crippen LogP contribution < -0.4 is 15.4 Å². The van der Waals surface area contributed by atoms with Crippen molar-refractivity contribution in [2.75, 3.05) is 26.7 Å². The number of carbonyl (C=O) groups is 2. The predicted molar refractivity (Wildman–Crippen MR) is 104 cm³/mol. The summed E-state index contributed by atoms with van der Waals surface area (Å²) in [6, 6.07) is 7.03. The molecule has 2 fully saturated rings. The molecule has 7 heteroatoms. The summed E-state index contributed by atoms with van der Waals surface area (Å²) >= 11 is 0. The van der Waals surface area contributed by atoms with Crippen molar-refractivity contribution in [1.82, 2.24) is 15.5 Å². The van der Waals surface area contributed by atoms with Gasteiger partial charge in [0.2, 0.25) is 5.91 Å². The highest BCUT2D eigenvalue weighted by molar-refractivity contribution is 5.97. The molecule has 1 aromatic carbocycles. The van der Waals surface area contributed by atoms with E-state index in [1.54, 1.807) is 6.07 Å².